The molecule has 0 amide bonds. The molecule has 0 N–H and O–H groups in total. The van der Waals surface area contributed by atoms with Crippen molar-refractivity contribution in [1.29, 1.82) is 0 Å². The molecule has 0 nitrogen and oxygen atoms in total. The molecule has 0 saturated carbocycles. The van der Waals surface area contributed by atoms with Crippen LogP contribution in [0.4, 0.5) is 0 Å². The zero-order chi connectivity index (χ0) is 7.07. The second-order valence-corrected chi connectivity index (χ2v) is 1.37. The predicted molar refractivity (Wildman–Crippen MR) is 34.8 cm³/mol. The molecule has 0 aliphatic rings. The largest absolute Gasteiger partial charge is 0.999 e. The molecule has 0 fully saturated rings. The van der Waals surface area contributed by atoms with Crippen molar-refractivity contribution in [2.45, 2.75) is 0 Å². The standard InChI is InChI=1S/2C5H.Mn/c2*1-2-4-5-3-1;/h2*1H;/q2*-5;. The molecule has 2 aromatic carbocycles. The van der Waals surface area contributed by atoms with Crippen molar-refractivity contribution in [2.24, 2.45) is 0 Å². The molecule has 0 aliphatic heterocycles. The minimum Gasteiger partial charge on any atom is -0.999 e. The Balaban J connectivity index is 0.000000167. The molecule has 0 aliphatic carbocycles. The van der Waals surface area contributed by atoms with Crippen LogP contribution < -0.4 is 0 Å². The molecule has 1 heteroatoms. The monoisotopic (exact) mass is 177 g/mol. The molecule has 0 atom stereocenters. The minimum absolute atomic E-state index is 0. The van der Waals surface area contributed by atoms with E-state index in [4.69, 9.17) is 0 Å². The summed E-state index contributed by atoms with van der Waals surface area (Å²) in [6, 6.07) is 24.0. The van der Waals surface area contributed by atoms with Crippen LogP contribution in [0.3, 0.4) is 0 Å². The Kier molecular flexibility index (Phi) is 6.81. The number of rotatable bonds is 0. The van der Waals surface area contributed by atoms with Crippen LogP contribution in [0.1, 0.15) is 0 Å². The van der Waals surface area contributed by atoms with Crippen LogP contribution in [0.2, 0.25) is 0 Å². The van der Waals surface area contributed by atoms with Crippen molar-refractivity contribution < 1.29 is 17.1 Å². The van der Waals surface area contributed by atoms with Crippen LogP contribution in [-0.4, -0.2) is 0 Å². The molecular weight excluding hydrogens is 175 g/mol. The summed E-state index contributed by atoms with van der Waals surface area (Å²) in [5.41, 5.74) is 0. The summed E-state index contributed by atoms with van der Waals surface area (Å²) in [6.45, 7) is 0. The molecule has 11 heavy (non-hydrogen) atoms. The molecular formula is C10H2Mn-10. The maximum Gasteiger partial charge on any atom is 0 e. The first-order chi connectivity index (χ1) is 5.00. The van der Waals surface area contributed by atoms with Gasteiger partial charge in [0.15, 0.2) is 0 Å². The van der Waals surface area contributed by atoms with Crippen molar-refractivity contribution in [1.82, 2.24) is 0 Å². The van der Waals surface area contributed by atoms with Gasteiger partial charge in [-0.3, -0.25) is 0 Å². The zero-order valence-corrected chi connectivity index (χ0v) is 6.71. The summed E-state index contributed by atoms with van der Waals surface area (Å²) < 4.78 is 0. The van der Waals surface area contributed by atoms with E-state index in [0.29, 0.717) is 0 Å². The van der Waals surface area contributed by atoms with E-state index in [9.17, 15) is 0 Å². The Morgan fingerprint density at radius 3 is 0.909 bits per heavy atom. The van der Waals surface area contributed by atoms with Gasteiger partial charge in [0.25, 0.3) is 0 Å². The molecule has 0 spiro atoms. The maximum atomic E-state index is 2.62. The van der Waals surface area contributed by atoms with Crippen molar-refractivity contribution >= 4 is 0 Å². The summed E-state index contributed by atoms with van der Waals surface area (Å²) in [6.07, 6.45) is 0. The number of hydrogen-bond acceptors (Lipinski definition) is 0. The van der Waals surface area contributed by atoms with Crippen LogP contribution in [0, 0.1) is 48.5 Å². The first kappa shape index (κ1) is 10.2. The van der Waals surface area contributed by atoms with Gasteiger partial charge in [-0.15, -0.1) is 0 Å². The van der Waals surface area contributed by atoms with Gasteiger partial charge in [-0.1, -0.05) is 0 Å². The van der Waals surface area contributed by atoms with E-state index in [1.807, 2.05) is 0 Å². The van der Waals surface area contributed by atoms with Crippen molar-refractivity contribution in [3.63, 3.8) is 0 Å². The van der Waals surface area contributed by atoms with E-state index in [2.05, 4.69) is 48.5 Å². The molecule has 0 unspecified atom stereocenters. The average molecular weight is 177 g/mol. The third-order valence-electron chi connectivity index (χ3n) is 0.702. The number of hydrogen-bond donors (Lipinski definition) is 0. The Morgan fingerprint density at radius 1 is 0.545 bits per heavy atom. The Bertz CT molecular complexity index is 144. The topological polar surface area (TPSA) is 0 Å². The van der Waals surface area contributed by atoms with E-state index in [1.54, 1.807) is 12.1 Å². The maximum absolute atomic E-state index is 2.62. The van der Waals surface area contributed by atoms with Crippen molar-refractivity contribution in [3.8, 4) is 0 Å². The molecule has 0 bridgehead atoms. The van der Waals surface area contributed by atoms with Crippen LogP contribution in [0.25, 0.3) is 0 Å². The third kappa shape index (κ3) is 5.65. The van der Waals surface area contributed by atoms with E-state index >= 15 is 0 Å². The van der Waals surface area contributed by atoms with Gasteiger partial charge < -0.3 is 60.7 Å². The Morgan fingerprint density at radius 2 is 0.818 bits per heavy atom. The van der Waals surface area contributed by atoms with E-state index < -0.39 is 0 Å². The fourth-order valence-corrected chi connectivity index (χ4v) is 0.361. The fraction of sp³-hybridized carbons (Fsp3) is 0. The van der Waals surface area contributed by atoms with Gasteiger partial charge in [0.1, 0.15) is 0 Å². The normalized spacial score (nSPS) is 7.27. The first-order valence-electron chi connectivity index (χ1n) is 2.65. The molecule has 59 valence electrons. The predicted octanol–water partition coefficient (Wildman–Crippen LogP) is 1.21. The molecule has 0 saturated heterocycles. The molecule has 1 radical (unpaired) electrons. The second kappa shape index (κ2) is 7.33. The SMILES string of the molecule is [Mn].[c-]1[c-][c-][cH-][c-]1.[c-]1[c-][c-][cH-][c-]1. The Labute approximate surface area is 78.1 Å². The van der Waals surface area contributed by atoms with Gasteiger partial charge in [-0.2, -0.15) is 0 Å². The van der Waals surface area contributed by atoms with Gasteiger partial charge in [-0.05, 0) is 0 Å². The smallest absolute Gasteiger partial charge is 0 e. The zero-order valence-electron chi connectivity index (χ0n) is 5.53. The first-order valence-corrected chi connectivity index (χ1v) is 2.65. The summed E-state index contributed by atoms with van der Waals surface area (Å²) in [5.74, 6) is 0. The molecule has 0 heterocycles. The van der Waals surface area contributed by atoms with E-state index in [0.717, 1.165) is 0 Å². The summed E-state index contributed by atoms with van der Waals surface area (Å²) in [7, 11) is 0. The second-order valence-electron chi connectivity index (χ2n) is 1.37. The van der Waals surface area contributed by atoms with Crippen molar-refractivity contribution in [3.05, 3.63) is 60.7 Å². The van der Waals surface area contributed by atoms with Crippen molar-refractivity contribution in [2.75, 3.05) is 0 Å². The van der Waals surface area contributed by atoms with Gasteiger partial charge in [0.2, 0.25) is 0 Å². The van der Waals surface area contributed by atoms with Crippen LogP contribution >= 0.6 is 0 Å². The minimum atomic E-state index is 0. The Hall–Kier alpha value is -0.781. The quantitative estimate of drug-likeness (QED) is 0.419. The van der Waals surface area contributed by atoms with Gasteiger partial charge >= 0.3 is 0 Å². The van der Waals surface area contributed by atoms with E-state index in [1.165, 1.54) is 0 Å². The summed E-state index contributed by atoms with van der Waals surface area (Å²) in [4.78, 5) is 0. The summed E-state index contributed by atoms with van der Waals surface area (Å²) >= 11 is 0. The van der Waals surface area contributed by atoms with Gasteiger partial charge in [0, 0.05) is 17.1 Å². The van der Waals surface area contributed by atoms with Gasteiger partial charge in [0.05, 0.1) is 0 Å². The van der Waals surface area contributed by atoms with Crippen LogP contribution in [-0.2, 0) is 17.1 Å². The molecule has 0 aromatic heterocycles. The molecule has 2 rings (SSSR count). The fourth-order valence-electron chi connectivity index (χ4n) is 0.361. The van der Waals surface area contributed by atoms with Crippen LogP contribution in [0.15, 0.2) is 12.1 Å². The van der Waals surface area contributed by atoms with Crippen LogP contribution in [0.5, 0.6) is 0 Å². The summed E-state index contributed by atoms with van der Waals surface area (Å²) in [5, 5.41) is 0. The molecule has 2 aromatic rings. The third-order valence-corrected chi connectivity index (χ3v) is 0.702. The van der Waals surface area contributed by atoms with E-state index in [-0.39, 0.29) is 17.1 Å². The average Bonchev–Trinajstić information content (AvgIpc) is 2.67. The van der Waals surface area contributed by atoms with Gasteiger partial charge in [-0.25, -0.2) is 0 Å².